The maximum Gasteiger partial charge on any atom is 0.320 e. The monoisotopic (exact) mass is 560 g/mol. The first-order valence-corrected chi connectivity index (χ1v) is 15.0. The van der Waals surface area contributed by atoms with E-state index in [1.807, 2.05) is 69.2 Å². The molecule has 1 heterocycles. The molecule has 0 amide bonds. The first-order chi connectivity index (χ1) is 18.0. The Morgan fingerprint density at radius 2 is 0.949 bits per heavy atom. The van der Waals surface area contributed by atoms with Crippen molar-refractivity contribution in [1.82, 2.24) is 20.0 Å². The second-order valence-corrected chi connectivity index (χ2v) is 12.3. The first-order valence-electron chi connectivity index (χ1n) is 15.0. The summed E-state index contributed by atoms with van der Waals surface area (Å²) < 4.78 is 17.0. The lowest BCUT2D eigenvalue weighted by atomic mass is 10.2. The number of nitrogens with zero attached hydrogens (tertiary/aromatic N) is 3. The molecule has 0 spiro atoms. The molecule has 1 fully saturated rings. The minimum absolute atomic E-state index is 0.162. The van der Waals surface area contributed by atoms with Crippen LogP contribution >= 0.6 is 0 Å². The molecule has 234 valence electrons. The number of hydrogen-bond acceptors (Lipinski definition) is 9. The molecule has 1 saturated heterocycles. The summed E-state index contributed by atoms with van der Waals surface area (Å²) in [6.45, 7) is 33.6. The summed E-state index contributed by atoms with van der Waals surface area (Å²) in [5.41, 5.74) is -1.19. The maximum absolute atomic E-state index is 12.6. The second-order valence-electron chi connectivity index (χ2n) is 12.3. The molecule has 0 bridgehead atoms. The lowest BCUT2D eigenvalue weighted by Gasteiger charge is -2.32. The molecular weight excluding hydrogens is 496 g/mol. The normalized spacial score (nSPS) is 17.4. The average Bonchev–Trinajstić information content (AvgIpc) is 2.78. The van der Waals surface area contributed by atoms with Gasteiger partial charge in [0.1, 0.15) is 11.2 Å². The van der Waals surface area contributed by atoms with Crippen LogP contribution in [0.1, 0.15) is 90.0 Å². The van der Waals surface area contributed by atoms with Crippen molar-refractivity contribution >= 4 is 11.9 Å². The highest BCUT2D eigenvalue weighted by Crippen LogP contribution is 2.10. The minimum Gasteiger partial charge on any atom is -0.459 e. The topological polar surface area (TPSA) is 83.6 Å². The Balaban J connectivity index is 0. The molecule has 1 aliphatic rings. The number of carbonyl (C=O) groups excluding carboxylic acids is 2. The third-order valence-electron chi connectivity index (χ3n) is 5.16. The van der Waals surface area contributed by atoms with E-state index in [1.165, 1.54) is 0 Å². The van der Waals surface area contributed by atoms with Gasteiger partial charge in [-0.25, -0.2) is 0 Å². The zero-order valence-electron chi connectivity index (χ0n) is 27.9. The van der Waals surface area contributed by atoms with Gasteiger partial charge in [-0.2, -0.15) is 0 Å². The molecule has 9 heteroatoms. The van der Waals surface area contributed by atoms with Crippen molar-refractivity contribution in [2.75, 3.05) is 78.6 Å². The Kier molecular flexibility index (Phi) is 21.1. The molecule has 9 nitrogen and oxygen atoms in total. The van der Waals surface area contributed by atoms with E-state index in [2.05, 4.69) is 40.8 Å². The Bertz CT molecular complexity index is 639. The van der Waals surface area contributed by atoms with E-state index in [9.17, 15) is 9.59 Å². The average molecular weight is 561 g/mol. The smallest absolute Gasteiger partial charge is 0.320 e. The van der Waals surface area contributed by atoms with Gasteiger partial charge in [-0.3, -0.25) is 24.3 Å². The van der Waals surface area contributed by atoms with Crippen molar-refractivity contribution in [3.05, 3.63) is 0 Å². The van der Waals surface area contributed by atoms with E-state index in [1.54, 1.807) is 0 Å². The van der Waals surface area contributed by atoms with Crippen LogP contribution in [0.2, 0.25) is 0 Å². The predicted octanol–water partition coefficient (Wildman–Crippen LogP) is 4.05. The molecule has 0 atom stereocenters. The van der Waals surface area contributed by atoms with Crippen molar-refractivity contribution in [2.45, 2.75) is 107 Å². The summed E-state index contributed by atoms with van der Waals surface area (Å²) in [7, 11) is 0. The van der Waals surface area contributed by atoms with Gasteiger partial charge in [0.05, 0.1) is 25.3 Å². The quantitative estimate of drug-likeness (QED) is 0.464. The van der Waals surface area contributed by atoms with Gasteiger partial charge in [0.2, 0.25) is 0 Å². The fourth-order valence-corrected chi connectivity index (χ4v) is 3.63. The summed E-state index contributed by atoms with van der Waals surface area (Å²) in [5, 5.41) is 3.50. The first kappa shape index (κ1) is 39.9. The Morgan fingerprint density at radius 1 is 0.590 bits per heavy atom. The second kappa shape index (κ2) is 20.6. The van der Waals surface area contributed by atoms with Gasteiger partial charge in [0.15, 0.2) is 0 Å². The molecule has 1 rings (SSSR count). The highest BCUT2D eigenvalue weighted by atomic mass is 16.6. The fourth-order valence-electron chi connectivity index (χ4n) is 3.63. The van der Waals surface area contributed by atoms with Crippen LogP contribution in [-0.4, -0.2) is 122 Å². The van der Waals surface area contributed by atoms with E-state index in [0.717, 1.165) is 45.8 Å². The van der Waals surface area contributed by atoms with Gasteiger partial charge in [-0.15, -0.1) is 0 Å². The standard InChI is InChI=1S/C26H52N4O5.2C2H6/c1-24(2,3)33-19-18-28-12-10-27-11-13-29(20-22(31)34-25(4,5)6)16-17-30(15-14-28)21-23(32)35-26(7,8)9;2*1-2/h27H,10-21H2,1-9H3;2*1-2H3. The molecule has 0 aromatic heterocycles. The van der Waals surface area contributed by atoms with Gasteiger partial charge >= 0.3 is 11.9 Å². The minimum atomic E-state index is -0.520. The Morgan fingerprint density at radius 3 is 1.33 bits per heavy atom. The number of nitrogens with one attached hydrogen (secondary N) is 1. The largest absolute Gasteiger partial charge is 0.459 e. The summed E-state index contributed by atoms with van der Waals surface area (Å²) in [6, 6.07) is 0. The van der Waals surface area contributed by atoms with E-state index >= 15 is 0 Å². The summed E-state index contributed by atoms with van der Waals surface area (Å²) in [5.74, 6) is -0.458. The molecule has 0 unspecified atom stereocenters. The highest BCUT2D eigenvalue weighted by molar-refractivity contribution is 5.72. The lowest BCUT2D eigenvalue weighted by Crippen LogP contribution is -2.48. The Hall–Kier alpha value is -1.26. The van der Waals surface area contributed by atoms with Crippen LogP contribution in [0.4, 0.5) is 0 Å². The molecule has 1 N–H and O–H groups in total. The molecule has 0 aromatic carbocycles. The van der Waals surface area contributed by atoms with Crippen molar-refractivity contribution < 1.29 is 23.8 Å². The summed E-state index contributed by atoms with van der Waals surface area (Å²) in [6.07, 6.45) is 0. The van der Waals surface area contributed by atoms with Crippen molar-refractivity contribution in [3.8, 4) is 0 Å². The maximum atomic E-state index is 12.6. The molecular formula is C30H64N4O5. The van der Waals surface area contributed by atoms with Crippen LogP contribution in [0.15, 0.2) is 0 Å². The van der Waals surface area contributed by atoms with Gasteiger partial charge in [-0.05, 0) is 62.3 Å². The summed E-state index contributed by atoms with van der Waals surface area (Å²) in [4.78, 5) is 31.6. The highest BCUT2D eigenvalue weighted by Gasteiger charge is 2.23. The van der Waals surface area contributed by atoms with Crippen molar-refractivity contribution in [1.29, 1.82) is 0 Å². The van der Waals surface area contributed by atoms with E-state index in [-0.39, 0.29) is 30.6 Å². The van der Waals surface area contributed by atoms with Crippen LogP contribution in [0.3, 0.4) is 0 Å². The summed E-state index contributed by atoms with van der Waals surface area (Å²) >= 11 is 0. The van der Waals surface area contributed by atoms with Gasteiger partial charge in [0.25, 0.3) is 0 Å². The molecule has 0 aromatic rings. The zero-order chi connectivity index (χ0) is 30.7. The number of esters is 2. The van der Waals surface area contributed by atoms with E-state index in [0.29, 0.717) is 19.7 Å². The molecule has 39 heavy (non-hydrogen) atoms. The van der Waals surface area contributed by atoms with Crippen LogP contribution < -0.4 is 5.32 Å². The fraction of sp³-hybridized carbons (Fsp3) is 0.933. The molecule has 1 aliphatic heterocycles. The van der Waals surface area contributed by atoms with Crippen LogP contribution in [0, 0.1) is 0 Å². The number of ether oxygens (including phenoxy) is 3. The van der Waals surface area contributed by atoms with Gasteiger partial charge < -0.3 is 19.5 Å². The molecule has 0 aliphatic carbocycles. The van der Waals surface area contributed by atoms with Crippen molar-refractivity contribution in [2.24, 2.45) is 0 Å². The van der Waals surface area contributed by atoms with Crippen LogP contribution in [-0.2, 0) is 23.8 Å². The van der Waals surface area contributed by atoms with E-state index < -0.39 is 11.2 Å². The number of rotatable bonds is 7. The zero-order valence-corrected chi connectivity index (χ0v) is 27.9. The molecule has 0 radical (unpaired) electrons. The van der Waals surface area contributed by atoms with E-state index in [4.69, 9.17) is 14.2 Å². The van der Waals surface area contributed by atoms with Gasteiger partial charge in [-0.1, -0.05) is 27.7 Å². The Labute approximate surface area is 241 Å². The molecule has 0 saturated carbocycles. The number of carbonyl (C=O) groups is 2. The van der Waals surface area contributed by atoms with Gasteiger partial charge in [0, 0.05) is 58.9 Å². The number of hydrogen-bond donors (Lipinski definition) is 1. The van der Waals surface area contributed by atoms with Crippen molar-refractivity contribution in [3.63, 3.8) is 0 Å². The van der Waals surface area contributed by atoms with Crippen LogP contribution in [0.5, 0.6) is 0 Å². The third kappa shape index (κ3) is 25.5. The lowest BCUT2D eigenvalue weighted by molar-refractivity contribution is -0.158. The predicted molar refractivity (Wildman–Crippen MR) is 162 cm³/mol. The SMILES string of the molecule is CC.CC.CC(C)(C)OCCN1CCNCCN(CC(=O)OC(C)(C)C)CCN(CC(=O)OC(C)(C)C)CC1. The van der Waals surface area contributed by atoms with Crippen LogP contribution in [0.25, 0.3) is 0 Å². The third-order valence-corrected chi connectivity index (χ3v) is 5.16.